The zero-order valence-corrected chi connectivity index (χ0v) is 11.2. The molecule has 3 atom stereocenters. The van der Waals surface area contributed by atoms with Crippen molar-refractivity contribution in [3.05, 3.63) is 0 Å². The lowest BCUT2D eigenvalue weighted by Crippen LogP contribution is -2.34. The molecule has 0 bridgehead atoms. The Hall–Kier alpha value is -0.480. The number of hydrogen-bond donors (Lipinski definition) is 1. The van der Waals surface area contributed by atoms with E-state index in [0.717, 1.165) is 25.2 Å². The molecule has 0 amide bonds. The molecule has 1 nitrogen and oxygen atoms in total. The Bertz CT molecular complexity index is 263. The van der Waals surface area contributed by atoms with Crippen LogP contribution in [0, 0.1) is 29.1 Å². The van der Waals surface area contributed by atoms with Gasteiger partial charge in [0.1, 0.15) is 0 Å². The smallest absolute Gasteiger partial charge is 0.0568 e. The molecule has 0 radical (unpaired) electrons. The second-order valence-electron chi connectivity index (χ2n) is 6.17. The van der Waals surface area contributed by atoms with Crippen LogP contribution in [-0.2, 0) is 0 Å². The minimum absolute atomic E-state index is 0.0859. The number of rotatable bonds is 2. The standard InChI is InChI=1S/C15H26O/c1-5-6-7-8-12-11-13(15(2,3)4)9-10-14(12)16/h12-14,16H,7-11H2,1-4H3. The van der Waals surface area contributed by atoms with E-state index in [9.17, 15) is 5.11 Å². The molecule has 1 saturated carbocycles. The summed E-state index contributed by atoms with van der Waals surface area (Å²) in [4.78, 5) is 0. The van der Waals surface area contributed by atoms with Crippen molar-refractivity contribution in [2.75, 3.05) is 0 Å². The molecule has 1 aliphatic carbocycles. The van der Waals surface area contributed by atoms with Gasteiger partial charge in [0.05, 0.1) is 6.10 Å². The van der Waals surface area contributed by atoms with Crippen molar-refractivity contribution in [2.24, 2.45) is 17.3 Å². The zero-order chi connectivity index (χ0) is 12.2. The largest absolute Gasteiger partial charge is 0.393 e. The summed E-state index contributed by atoms with van der Waals surface area (Å²) >= 11 is 0. The van der Waals surface area contributed by atoms with Gasteiger partial charge < -0.3 is 5.11 Å². The minimum Gasteiger partial charge on any atom is -0.393 e. The highest BCUT2D eigenvalue weighted by molar-refractivity contribution is 4.96. The summed E-state index contributed by atoms with van der Waals surface area (Å²) in [5.74, 6) is 7.27. The summed E-state index contributed by atoms with van der Waals surface area (Å²) in [5, 5.41) is 10.0. The van der Waals surface area contributed by atoms with E-state index >= 15 is 0 Å². The topological polar surface area (TPSA) is 20.2 Å². The fourth-order valence-corrected chi connectivity index (χ4v) is 2.73. The molecule has 1 fully saturated rings. The van der Waals surface area contributed by atoms with Crippen LogP contribution in [0.25, 0.3) is 0 Å². The van der Waals surface area contributed by atoms with E-state index in [2.05, 4.69) is 32.6 Å². The van der Waals surface area contributed by atoms with Crippen molar-refractivity contribution in [2.45, 2.75) is 65.9 Å². The highest BCUT2D eigenvalue weighted by atomic mass is 16.3. The Kier molecular flexibility index (Phi) is 4.87. The summed E-state index contributed by atoms with van der Waals surface area (Å²) in [7, 11) is 0. The lowest BCUT2D eigenvalue weighted by atomic mass is 9.67. The summed E-state index contributed by atoms with van der Waals surface area (Å²) in [6.07, 6.45) is 5.25. The molecule has 0 aromatic heterocycles. The Balaban J connectivity index is 2.50. The van der Waals surface area contributed by atoms with Crippen molar-refractivity contribution < 1.29 is 5.11 Å². The van der Waals surface area contributed by atoms with Gasteiger partial charge in [-0.15, -0.1) is 11.8 Å². The van der Waals surface area contributed by atoms with Crippen LogP contribution in [0.15, 0.2) is 0 Å². The van der Waals surface area contributed by atoms with Crippen molar-refractivity contribution in [3.63, 3.8) is 0 Å². The predicted octanol–water partition coefficient (Wildman–Crippen LogP) is 3.61. The fraction of sp³-hybridized carbons (Fsp3) is 0.867. The van der Waals surface area contributed by atoms with Crippen LogP contribution in [0.3, 0.4) is 0 Å². The van der Waals surface area contributed by atoms with Crippen molar-refractivity contribution in [1.29, 1.82) is 0 Å². The van der Waals surface area contributed by atoms with Gasteiger partial charge in [0.25, 0.3) is 0 Å². The first-order valence-corrected chi connectivity index (χ1v) is 6.53. The molecule has 0 saturated heterocycles. The van der Waals surface area contributed by atoms with Crippen LogP contribution in [-0.4, -0.2) is 11.2 Å². The Morgan fingerprint density at radius 1 is 1.25 bits per heavy atom. The minimum atomic E-state index is -0.0859. The summed E-state index contributed by atoms with van der Waals surface area (Å²) in [5.41, 5.74) is 0.384. The first-order chi connectivity index (χ1) is 7.45. The quantitative estimate of drug-likeness (QED) is 0.708. The van der Waals surface area contributed by atoms with Gasteiger partial charge >= 0.3 is 0 Å². The Morgan fingerprint density at radius 2 is 1.94 bits per heavy atom. The van der Waals surface area contributed by atoms with Gasteiger partial charge in [0, 0.05) is 6.42 Å². The maximum absolute atomic E-state index is 10.0. The van der Waals surface area contributed by atoms with Crippen LogP contribution in [0.2, 0.25) is 0 Å². The van der Waals surface area contributed by atoms with E-state index in [-0.39, 0.29) is 6.10 Å². The number of aliphatic hydroxyl groups is 1. The Morgan fingerprint density at radius 3 is 2.50 bits per heavy atom. The average Bonchev–Trinajstić information content (AvgIpc) is 2.19. The van der Waals surface area contributed by atoms with Gasteiger partial charge in [-0.3, -0.25) is 0 Å². The predicted molar refractivity (Wildman–Crippen MR) is 69.0 cm³/mol. The van der Waals surface area contributed by atoms with Crippen molar-refractivity contribution in [1.82, 2.24) is 0 Å². The number of hydrogen-bond acceptors (Lipinski definition) is 1. The van der Waals surface area contributed by atoms with Crippen LogP contribution in [0.4, 0.5) is 0 Å². The second kappa shape index (κ2) is 5.73. The van der Waals surface area contributed by atoms with Crippen LogP contribution < -0.4 is 0 Å². The molecule has 3 unspecified atom stereocenters. The fourth-order valence-electron chi connectivity index (χ4n) is 2.73. The third-order valence-corrected chi connectivity index (χ3v) is 3.98. The SMILES string of the molecule is CC#CCCC1CC(C(C)(C)C)CCC1O. The maximum Gasteiger partial charge on any atom is 0.0568 e. The molecular weight excluding hydrogens is 196 g/mol. The molecule has 1 N–H and O–H groups in total. The maximum atomic E-state index is 10.0. The highest BCUT2D eigenvalue weighted by Crippen LogP contribution is 2.41. The lowest BCUT2D eigenvalue weighted by Gasteiger charge is -2.40. The van der Waals surface area contributed by atoms with E-state index < -0.39 is 0 Å². The molecule has 0 aromatic rings. The molecule has 1 rings (SSSR count). The summed E-state index contributed by atoms with van der Waals surface area (Å²) in [6.45, 7) is 8.84. The van der Waals surface area contributed by atoms with E-state index in [1.54, 1.807) is 0 Å². The highest BCUT2D eigenvalue weighted by Gasteiger charge is 2.34. The van der Waals surface area contributed by atoms with E-state index in [1.165, 1.54) is 12.8 Å². The average molecular weight is 222 g/mol. The second-order valence-corrected chi connectivity index (χ2v) is 6.17. The monoisotopic (exact) mass is 222 g/mol. The van der Waals surface area contributed by atoms with Gasteiger partial charge in [-0.05, 0) is 49.9 Å². The van der Waals surface area contributed by atoms with E-state index in [4.69, 9.17) is 0 Å². The molecule has 0 aromatic carbocycles. The van der Waals surface area contributed by atoms with Gasteiger partial charge in [0.2, 0.25) is 0 Å². The molecule has 1 aliphatic rings. The van der Waals surface area contributed by atoms with Crippen LogP contribution >= 0.6 is 0 Å². The number of aliphatic hydroxyl groups excluding tert-OH is 1. The molecule has 0 heterocycles. The van der Waals surface area contributed by atoms with Crippen molar-refractivity contribution in [3.8, 4) is 11.8 Å². The van der Waals surface area contributed by atoms with Gasteiger partial charge in [0.15, 0.2) is 0 Å². The van der Waals surface area contributed by atoms with E-state index in [1.807, 2.05) is 6.92 Å². The molecule has 1 heteroatoms. The summed E-state index contributed by atoms with van der Waals surface area (Å²) in [6, 6.07) is 0. The molecule has 0 spiro atoms. The third kappa shape index (κ3) is 3.83. The molecule has 92 valence electrons. The van der Waals surface area contributed by atoms with Gasteiger partial charge in [-0.1, -0.05) is 20.8 Å². The Labute approximate surface area is 101 Å². The summed E-state index contributed by atoms with van der Waals surface area (Å²) < 4.78 is 0. The first-order valence-electron chi connectivity index (χ1n) is 6.53. The van der Waals surface area contributed by atoms with Crippen molar-refractivity contribution >= 4 is 0 Å². The van der Waals surface area contributed by atoms with Crippen LogP contribution in [0.5, 0.6) is 0 Å². The first kappa shape index (κ1) is 13.6. The molecule has 16 heavy (non-hydrogen) atoms. The third-order valence-electron chi connectivity index (χ3n) is 3.98. The lowest BCUT2D eigenvalue weighted by molar-refractivity contribution is 0.0165. The van der Waals surface area contributed by atoms with Crippen LogP contribution in [0.1, 0.15) is 59.8 Å². The molecule has 0 aliphatic heterocycles. The zero-order valence-electron chi connectivity index (χ0n) is 11.2. The van der Waals surface area contributed by atoms with Gasteiger partial charge in [-0.25, -0.2) is 0 Å². The van der Waals surface area contributed by atoms with Gasteiger partial charge in [-0.2, -0.15) is 0 Å². The normalized spacial score (nSPS) is 30.7. The molecular formula is C15H26O. The van der Waals surface area contributed by atoms with E-state index in [0.29, 0.717) is 11.3 Å².